The van der Waals surface area contributed by atoms with E-state index in [-0.39, 0.29) is 5.56 Å². The normalized spacial score (nSPS) is 17.0. The Morgan fingerprint density at radius 3 is 2.33 bits per heavy atom. The van der Waals surface area contributed by atoms with Crippen molar-refractivity contribution in [3.8, 4) is 0 Å². The lowest BCUT2D eigenvalue weighted by Crippen LogP contribution is -2.48. The number of nitrogens with zero attached hydrogens (tertiary/aromatic N) is 2. The smallest absolute Gasteiger partial charge is 0.340 e. The standard InChI is InChI=1S/C17H19F2N3O4S/c1-11-20-15(22-26-11)17(9-3-2-4-10-17)21-14(23)12-5-7-13(8-6-12)27(24,25)16(18)19/h5-8,16H,2-4,9-10H2,1H3,(H,21,23). The van der Waals surface area contributed by atoms with Gasteiger partial charge in [0, 0.05) is 12.5 Å². The van der Waals surface area contributed by atoms with Crippen LogP contribution in [0.25, 0.3) is 0 Å². The van der Waals surface area contributed by atoms with E-state index in [1.807, 2.05) is 0 Å². The van der Waals surface area contributed by atoms with Crippen LogP contribution in [-0.4, -0.2) is 30.2 Å². The molecule has 1 aliphatic carbocycles. The zero-order valence-electron chi connectivity index (χ0n) is 14.6. The molecule has 3 rings (SSSR count). The summed E-state index contributed by atoms with van der Waals surface area (Å²) in [7, 11) is -4.70. The number of carbonyl (C=O) groups excluding carboxylic acids is 1. The summed E-state index contributed by atoms with van der Waals surface area (Å²) in [4.78, 5) is 16.4. The van der Waals surface area contributed by atoms with Gasteiger partial charge in [-0.25, -0.2) is 8.42 Å². The third-order valence-electron chi connectivity index (χ3n) is 4.70. The van der Waals surface area contributed by atoms with Crippen molar-refractivity contribution < 1.29 is 26.5 Å². The van der Waals surface area contributed by atoms with Gasteiger partial charge in [-0.1, -0.05) is 24.4 Å². The summed E-state index contributed by atoms with van der Waals surface area (Å²) in [5, 5.41) is 6.90. The van der Waals surface area contributed by atoms with Gasteiger partial charge in [-0.2, -0.15) is 13.8 Å². The van der Waals surface area contributed by atoms with Gasteiger partial charge in [0.25, 0.3) is 5.91 Å². The summed E-state index contributed by atoms with van der Waals surface area (Å²) in [5.41, 5.74) is -0.603. The monoisotopic (exact) mass is 399 g/mol. The first kappa shape index (κ1) is 19.4. The Morgan fingerprint density at radius 2 is 1.81 bits per heavy atom. The molecule has 0 spiro atoms. The number of carbonyl (C=O) groups is 1. The zero-order valence-corrected chi connectivity index (χ0v) is 15.4. The van der Waals surface area contributed by atoms with Crippen LogP contribution in [0.15, 0.2) is 33.7 Å². The lowest BCUT2D eigenvalue weighted by atomic mass is 9.80. The van der Waals surface area contributed by atoms with E-state index in [0.29, 0.717) is 24.6 Å². The SMILES string of the molecule is Cc1nc(C2(NC(=O)c3ccc(S(=O)(=O)C(F)F)cc3)CCCCC2)no1. The summed E-state index contributed by atoms with van der Waals surface area (Å²) in [6.07, 6.45) is 4.11. The first-order chi connectivity index (χ1) is 12.7. The Bertz CT molecular complexity index is 920. The number of halogens is 2. The van der Waals surface area contributed by atoms with Crippen molar-refractivity contribution in [3.63, 3.8) is 0 Å². The molecule has 0 atom stereocenters. The number of alkyl halides is 2. The van der Waals surface area contributed by atoms with Gasteiger partial charge in [-0.15, -0.1) is 0 Å². The van der Waals surface area contributed by atoms with Crippen LogP contribution >= 0.6 is 0 Å². The summed E-state index contributed by atoms with van der Waals surface area (Å²) < 4.78 is 53.3. The molecule has 1 aliphatic rings. The van der Waals surface area contributed by atoms with Crippen LogP contribution in [0.3, 0.4) is 0 Å². The molecular formula is C17H19F2N3O4S. The van der Waals surface area contributed by atoms with Crippen LogP contribution < -0.4 is 5.32 Å². The van der Waals surface area contributed by atoms with Crippen LogP contribution in [0.1, 0.15) is 54.2 Å². The van der Waals surface area contributed by atoms with Gasteiger partial charge in [0.1, 0.15) is 5.54 Å². The summed E-state index contributed by atoms with van der Waals surface area (Å²) in [6.45, 7) is 1.66. The second-order valence-electron chi connectivity index (χ2n) is 6.56. The fourth-order valence-electron chi connectivity index (χ4n) is 3.24. The summed E-state index contributed by atoms with van der Waals surface area (Å²) in [6, 6.07) is 4.43. The summed E-state index contributed by atoms with van der Waals surface area (Å²) >= 11 is 0. The number of nitrogens with one attached hydrogen (secondary N) is 1. The first-order valence-electron chi connectivity index (χ1n) is 8.50. The number of amides is 1. The van der Waals surface area contributed by atoms with Gasteiger partial charge < -0.3 is 9.84 Å². The van der Waals surface area contributed by atoms with Crippen molar-refractivity contribution in [1.29, 1.82) is 0 Å². The maximum absolute atomic E-state index is 12.7. The van der Waals surface area contributed by atoms with Gasteiger partial charge in [-0.3, -0.25) is 4.79 Å². The molecule has 1 aromatic heterocycles. The highest BCUT2D eigenvalue weighted by molar-refractivity contribution is 7.91. The molecule has 2 aromatic rings. The number of hydrogen-bond acceptors (Lipinski definition) is 6. The van der Waals surface area contributed by atoms with E-state index >= 15 is 0 Å². The first-order valence-corrected chi connectivity index (χ1v) is 10.0. The van der Waals surface area contributed by atoms with Crippen molar-refractivity contribution in [2.24, 2.45) is 0 Å². The Kier molecular flexibility index (Phi) is 5.27. The molecule has 1 heterocycles. The zero-order chi connectivity index (χ0) is 19.7. The van der Waals surface area contributed by atoms with E-state index in [1.165, 1.54) is 12.1 Å². The molecule has 0 saturated heterocycles. The number of aromatic nitrogens is 2. The fourth-order valence-corrected chi connectivity index (χ4v) is 3.96. The highest BCUT2D eigenvalue weighted by atomic mass is 32.2. The maximum atomic E-state index is 12.7. The topological polar surface area (TPSA) is 102 Å². The average molecular weight is 399 g/mol. The van der Waals surface area contributed by atoms with E-state index in [1.54, 1.807) is 6.92 Å². The molecule has 0 aliphatic heterocycles. The molecule has 1 N–H and O–H groups in total. The van der Waals surface area contributed by atoms with E-state index in [9.17, 15) is 22.0 Å². The molecule has 146 valence electrons. The lowest BCUT2D eigenvalue weighted by Gasteiger charge is -2.35. The molecule has 1 amide bonds. The number of aryl methyl sites for hydroxylation is 1. The largest absolute Gasteiger partial charge is 0.341 e. The molecule has 1 saturated carbocycles. The lowest BCUT2D eigenvalue weighted by molar-refractivity contribution is 0.0855. The van der Waals surface area contributed by atoms with E-state index < -0.39 is 31.9 Å². The third-order valence-corrected chi connectivity index (χ3v) is 6.09. The predicted octanol–water partition coefficient (Wildman–Crippen LogP) is 2.96. The molecule has 0 radical (unpaired) electrons. The van der Waals surface area contributed by atoms with E-state index in [0.717, 1.165) is 31.4 Å². The quantitative estimate of drug-likeness (QED) is 0.829. The number of hydrogen-bond donors (Lipinski definition) is 1. The minimum Gasteiger partial charge on any atom is -0.340 e. The molecule has 10 heteroatoms. The Labute approximate surface area is 155 Å². The molecule has 1 fully saturated rings. The van der Waals surface area contributed by atoms with Gasteiger partial charge >= 0.3 is 5.76 Å². The molecule has 27 heavy (non-hydrogen) atoms. The maximum Gasteiger partial charge on any atom is 0.341 e. The van der Waals surface area contributed by atoms with Crippen molar-refractivity contribution in [3.05, 3.63) is 41.5 Å². The predicted molar refractivity (Wildman–Crippen MR) is 90.9 cm³/mol. The van der Waals surface area contributed by atoms with Gasteiger partial charge in [0.05, 0.1) is 4.90 Å². The molecule has 1 aromatic carbocycles. The third kappa shape index (κ3) is 3.85. The van der Waals surface area contributed by atoms with Gasteiger partial charge in [-0.05, 0) is 37.1 Å². The highest BCUT2D eigenvalue weighted by Crippen LogP contribution is 2.36. The van der Waals surface area contributed by atoms with Crippen molar-refractivity contribution in [1.82, 2.24) is 15.5 Å². The fraction of sp³-hybridized carbons (Fsp3) is 0.471. The van der Waals surface area contributed by atoms with Crippen molar-refractivity contribution in [2.75, 3.05) is 0 Å². The number of benzene rings is 1. The molecule has 0 unspecified atom stereocenters. The van der Waals surface area contributed by atoms with Gasteiger partial charge in [0.2, 0.25) is 15.7 Å². The number of rotatable bonds is 5. The minimum atomic E-state index is -4.70. The molecular weight excluding hydrogens is 380 g/mol. The Balaban J connectivity index is 1.84. The van der Waals surface area contributed by atoms with Crippen LogP contribution in [-0.2, 0) is 15.4 Å². The van der Waals surface area contributed by atoms with E-state index in [4.69, 9.17) is 4.52 Å². The number of sulfone groups is 1. The summed E-state index contributed by atoms with van der Waals surface area (Å²) in [5.74, 6) is -3.17. The van der Waals surface area contributed by atoms with Crippen LogP contribution in [0, 0.1) is 6.92 Å². The second kappa shape index (κ2) is 7.34. The van der Waals surface area contributed by atoms with Crippen LogP contribution in [0.5, 0.6) is 0 Å². The molecule has 0 bridgehead atoms. The Hall–Kier alpha value is -2.36. The van der Waals surface area contributed by atoms with Crippen molar-refractivity contribution in [2.45, 2.75) is 55.2 Å². The molecule has 7 nitrogen and oxygen atoms in total. The van der Waals surface area contributed by atoms with Gasteiger partial charge in [0.15, 0.2) is 5.82 Å². The highest BCUT2D eigenvalue weighted by Gasteiger charge is 2.40. The Morgan fingerprint density at radius 1 is 1.19 bits per heavy atom. The second-order valence-corrected chi connectivity index (χ2v) is 8.48. The van der Waals surface area contributed by atoms with Crippen LogP contribution in [0.2, 0.25) is 0 Å². The average Bonchev–Trinajstić information content (AvgIpc) is 3.09. The minimum absolute atomic E-state index is 0.161. The van der Waals surface area contributed by atoms with Crippen LogP contribution in [0.4, 0.5) is 8.78 Å². The van der Waals surface area contributed by atoms with Crippen molar-refractivity contribution >= 4 is 15.7 Å². The van der Waals surface area contributed by atoms with E-state index in [2.05, 4.69) is 15.5 Å².